The number of para-hydroxylation sites is 1. The van der Waals surface area contributed by atoms with E-state index in [0.717, 1.165) is 30.8 Å². The van der Waals surface area contributed by atoms with E-state index in [-0.39, 0.29) is 5.54 Å². The van der Waals surface area contributed by atoms with E-state index in [9.17, 15) is 0 Å². The van der Waals surface area contributed by atoms with Crippen molar-refractivity contribution < 1.29 is 4.74 Å². The summed E-state index contributed by atoms with van der Waals surface area (Å²) in [4.78, 5) is 0. The zero-order valence-electron chi connectivity index (χ0n) is 10.3. The van der Waals surface area contributed by atoms with E-state index in [4.69, 9.17) is 10.5 Å². The molecule has 2 aromatic carbocycles. The predicted octanol–water partition coefficient (Wildman–Crippen LogP) is 3.51. The lowest BCUT2D eigenvalue weighted by Gasteiger charge is -2.10. The molecule has 0 bridgehead atoms. The summed E-state index contributed by atoms with van der Waals surface area (Å²) in [5.41, 5.74) is 7.44. The summed E-state index contributed by atoms with van der Waals surface area (Å²) in [5.74, 6) is 1.74. The monoisotopic (exact) mass is 239 g/mol. The van der Waals surface area contributed by atoms with Gasteiger partial charge in [0.25, 0.3) is 0 Å². The zero-order valence-corrected chi connectivity index (χ0v) is 10.3. The van der Waals surface area contributed by atoms with Gasteiger partial charge in [0.15, 0.2) is 0 Å². The normalized spacial score (nSPS) is 16.3. The van der Waals surface area contributed by atoms with Gasteiger partial charge in [-0.15, -0.1) is 0 Å². The van der Waals surface area contributed by atoms with Crippen LogP contribution in [0.15, 0.2) is 54.6 Å². The third-order valence-electron chi connectivity index (χ3n) is 3.33. The van der Waals surface area contributed by atoms with Crippen molar-refractivity contribution in [3.05, 3.63) is 60.2 Å². The topological polar surface area (TPSA) is 35.2 Å². The fourth-order valence-electron chi connectivity index (χ4n) is 2.09. The molecule has 0 amide bonds. The van der Waals surface area contributed by atoms with Gasteiger partial charge in [-0.25, -0.2) is 0 Å². The first-order chi connectivity index (χ1) is 8.73. The van der Waals surface area contributed by atoms with Gasteiger partial charge in [0, 0.05) is 5.54 Å². The van der Waals surface area contributed by atoms with Crippen molar-refractivity contribution >= 4 is 0 Å². The van der Waals surface area contributed by atoms with Gasteiger partial charge in [-0.3, -0.25) is 0 Å². The number of benzene rings is 2. The molecular formula is C16H17NO. The van der Waals surface area contributed by atoms with Crippen molar-refractivity contribution in [2.75, 3.05) is 0 Å². The summed E-state index contributed by atoms with van der Waals surface area (Å²) in [6.07, 6.45) is 3.21. The molecule has 0 aromatic heterocycles. The molecule has 2 aromatic rings. The van der Waals surface area contributed by atoms with E-state index in [1.807, 2.05) is 42.5 Å². The Kier molecular flexibility index (Phi) is 2.80. The molecule has 2 N–H and O–H groups in total. The Bertz CT molecular complexity index is 532. The maximum Gasteiger partial charge on any atom is 0.127 e. The Labute approximate surface area is 107 Å². The molecule has 0 aliphatic heterocycles. The quantitative estimate of drug-likeness (QED) is 0.886. The fraction of sp³-hybridized carbons (Fsp3) is 0.250. The van der Waals surface area contributed by atoms with Crippen LogP contribution in [-0.4, -0.2) is 5.54 Å². The second-order valence-corrected chi connectivity index (χ2v) is 5.10. The van der Waals surface area contributed by atoms with Crippen molar-refractivity contribution in [1.82, 2.24) is 0 Å². The average Bonchev–Trinajstić information content (AvgIpc) is 3.08. The fourth-order valence-corrected chi connectivity index (χ4v) is 2.09. The molecule has 2 nitrogen and oxygen atoms in total. The van der Waals surface area contributed by atoms with Gasteiger partial charge in [0.2, 0.25) is 0 Å². The number of nitrogens with two attached hydrogens (primary N) is 1. The second kappa shape index (κ2) is 4.46. The molecule has 1 fully saturated rings. The molecule has 3 rings (SSSR count). The molecule has 1 saturated carbocycles. The third-order valence-corrected chi connectivity index (χ3v) is 3.33. The van der Waals surface area contributed by atoms with Gasteiger partial charge in [-0.1, -0.05) is 30.3 Å². The van der Waals surface area contributed by atoms with Gasteiger partial charge < -0.3 is 10.5 Å². The number of hydrogen-bond donors (Lipinski definition) is 1. The standard InChI is InChI=1S/C16H17NO/c17-16(9-10-16)12-13-5-4-8-15(11-13)18-14-6-2-1-3-7-14/h1-8,11H,9-10,12,17H2. The summed E-state index contributed by atoms with van der Waals surface area (Å²) < 4.78 is 5.81. The van der Waals surface area contributed by atoms with Crippen LogP contribution < -0.4 is 10.5 Å². The van der Waals surface area contributed by atoms with Gasteiger partial charge in [0.05, 0.1) is 0 Å². The molecule has 1 aliphatic carbocycles. The maximum atomic E-state index is 6.14. The summed E-state index contributed by atoms with van der Waals surface area (Å²) in [5, 5.41) is 0. The molecule has 1 aliphatic rings. The highest BCUT2D eigenvalue weighted by Crippen LogP contribution is 2.36. The van der Waals surface area contributed by atoms with Gasteiger partial charge >= 0.3 is 0 Å². The number of ether oxygens (including phenoxy) is 1. The third kappa shape index (κ3) is 2.71. The van der Waals surface area contributed by atoms with Crippen LogP contribution in [0, 0.1) is 0 Å². The lowest BCUT2D eigenvalue weighted by Crippen LogP contribution is -2.24. The molecule has 92 valence electrons. The van der Waals surface area contributed by atoms with E-state index >= 15 is 0 Å². The molecule has 2 heteroatoms. The molecule has 0 atom stereocenters. The molecule has 0 radical (unpaired) electrons. The van der Waals surface area contributed by atoms with Crippen molar-refractivity contribution in [1.29, 1.82) is 0 Å². The largest absolute Gasteiger partial charge is 0.457 e. The molecule has 0 unspecified atom stereocenters. The minimum atomic E-state index is 0.0470. The van der Waals surface area contributed by atoms with Gasteiger partial charge in [0.1, 0.15) is 11.5 Å². The number of rotatable bonds is 4. The Balaban J connectivity index is 1.74. The minimum absolute atomic E-state index is 0.0470. The van der Waals surface area contributed by atoms with E-state index in [0.29, 0.717) is 0 Å². The second-order valence-electron chi connectivity index (χ2n) is 5.10. The van der Waals surface area contributed by atoms with Crippen LogP contribution in [0.1, 0.15) is 18.4 Å². The maximum absolute atomic E-state index is 6.14. The SMILES string of the molecule is NC1(Cc2cccc(Oc3ccccc3)c2)CC1. The highest BCUT2D eigenvalue weighted by atomic mass is 16.5. The number of hydrogen-bond acceptors (Lipinski definition) is 2. The summed E-state index contributed by atoms with van der Waals surface area (Å²) >= 11 is 0. The van der Waals surface area contributed by atoms with Crippen molar-refractivity contribution in [3.63, 3.8) is 0 Å². The van der Waals surface area contributed by atoms with Crippen molar-refractivity contribution in [2.45, 2.75) is 24.8 Å². The molecule has 0 spiro atoms. The van der Waals surface area contributed by atoms with Crippen LogP contribution in [0.2, 0.25) is 0 Å². The van der Waals surface area contributed by atoms with Crippen LogP contribution in [0.5, 0.6) is 11.5 Å². The predicted molar refractivity (Wildman–Crippen MR) is 72.8 cm³/mol. The van der Waals surface area contributed by atoms with E-state index in [1.165, 1.54) is 5.56 Å². The first-order valence-electron chi connectivity index (χ1n) is 6.34. The Hall–Kier alpha value is -1.80. The molecular weight excluding hydrogens is 222 g/mol. The highest BCUT2D eigenvalue weighted by molar-refractivity contribution is 5.35. The van der Waals surface area contributed by atoms with Crippen molar-refractivity contribution in [2.24, 2.45) is 5.73 Å². The zero-order chi connectivity index (χ0) is 12.4. The van der Waals surface area contributed by atoms with Crippen LogP contribution in [0.4, 0.5) is 0 Å². The first kappa shape index (κ1) is 11.3. The summed E-state index contributed by atoms with van der Waals surface area (Å²) in [6, 6.07) is 18.0. The Morgan fingerprint density at radius 1 is 0.944 bits per heavy atom. The van der Waals surface area contributed by atoms with Crippen LogP contribution in [0.3, 0.4) is 0 Å². The highest BCUT2D eigenvalue weighted by Gasteiger charge is 2.37. The smallest absolute Gasteiger partial charge is 0.127 e. The Morgan fingerprint density at radius 3 is 2.39 bits per heavy atom. The average molecular weight is 239 g/mol. The molecule has 0 saturated heterocycles. The minimum Gasteiger partial charge on any atom is -0.457 e. The van der Waals surface area contributed by atoms with Gasteiger partial charge in [-0.05, 0) is 49.1 Å². The van der Waals surface area contributed by atoms with E-state index < -0.39 is 0 Å². The molecule has 18 heavy (non-hydrogen) atoms. The van der Waals surface area contributed by atoms with E-state index in [2.05, 4.69) is 12.1 Å². The van der Waals surface area contributed by atoms with Crippen LogP contribution in [-0.2, 0) is 6.42 Å². The summed E-state index contributed by atoms with van der Waals surface area (Å²) in [7, 11) is 0. The van der Waals surface area contributed by atoms with Crippen LogP contribution in [0.25, 0.3) is 0 Å². The van der Waals surface area contributed by atoms with Crippen molar-refractivity contribution in [3.8, 4) is 11.5 Å². The van der Waals surface area contributed by atoms with Gasteiger partial charge in [-0.2, -0.15) is 0 Å². The lowest BCUT2D eigenvalue weighted by molar-refractivity contribution is 0.481. The van der Waals surface area contributed by atoms with Crippen LogP contribution >= 0.6 is 0 Å². The first-order valence-corrected chi connectivity index (χ1v) is 6.34. The molecule has 0 heterocycles. The lowest BCUT2D eigenvalue weighted by atomic mass is 10.1. The Morgan fingerprint density at radius 2 is 1.67 bits per heavy atom. The van der Waals surface area contributed by atoms with E-state index in [1.54, 1.807) is 0 Å². The summed E-state index contributed by atoms with van der Waals surface area (Å²) in [6.45, 7) is 0.